The summed E-state index contributed by atoms with van der Waals surface area (Å²) in [6.45, 7) is 11.9. The maximum atomic E-state index is 14.4. The molecule has 2 aliphatic rings. The van der Waals surface area contributed by atoms with Crippen molar-refractivity contribution in [3.63, 3.8) is 0 Å². The van der Waals surface area contributed by atoms with Crippen LogP contribution in [0.5, 0.6) is 5.75 Å². The summed E-state index contributed by atoms with van der Waals surface area (Å²) in [5.74, 6) is 0.185. The van der Waals surface area contributed by atoms with Gasteiger partial charge in [0.05, 0.1) is 0 Å². The molecule has 6 nitrogen and oxygen atoms in total. The summed E-state index contributed by atoms with van der Waals surface area (Å²) in [5, 5.41) is 3.06. The minimum atomic E-state index is -0.413. The number of carbonyl (C=O) groups is 2. The van der Waals surface area contributed by atoms with Gasteiger partial charge >= 0.3 is 0 Å². The third kappa shape index (κ3) is 6.09. The molecule has 7 heteroatoms. The highest BCUT2D eigenvalue weighted by molar-refractivity contribution is 5.95. The molecule has 1 N–H and O–H groups in total. The van der Waals surface area contributed by atoms with Crippen molar-refractivity contribution in [3.05, 3.63) is 77.6 Å². The summed E-state index contributed by atoms with van der Waals surface area (Å²) in [6, 6.07) is 12.3. The van der Waals surface area contributed by atoms with Crippen LogP contribution in [-0.2, 0) is 4.79 Å². The summed E-state index contributed by atoms with van der Waals surface area (Å²) in [6.07, 6.45) is 2.94. The van der Waals surface area contributed by atoms with E-state index in [9.17, 15) is 14.0 Å². The van der Waals surface area contributed by atoms with E-state index in [1.807, 2.05) is 24.8 Å². The third-order valence-corrected chi connectivity index (χ3v) is 6.97. The molecule has 1 aliphatic carbocycles. The Morgan fingerprint density at radius 2 is 1.94 bits per heavy atom. The van der Waals surface area contributed by atoms with Crippen LogP contribution in [0.25, 0.3) is 0 Å². The van der Waals surface area contributed by atoms with Gasteiger partial charge in [0.1, 0.15) is 17.7 Å². The number of nitrogens with zero attached hydrogens (tertiary/aromatic N) is 2. The molecular formula is C28H34FN3O3. The molecule has 0 spiro atoms. The number of ether oxygens (including phenoxy) is 1. The van der Waals surface area contributed by atoms with Crippen molar-refractivity contribution in [1.82, 2.24) is 15.1 Å². The number of hydrogen-bond acceptors (Lipinski definition) is 4. The second-order valence-electron chi connectivity index (χ2n) is 10.00. The average molecular weight is 480 g/mol. The molecular weight excluding hydrogens is 445 g/mol. The lowest BCUT2D eigenvalue weighted by Gasteiger charge is -2.40. The topological polar surface area (TPSA) is 61.9 Å². The highest BCUT2D eigenvalue weighted by atomic mass is 19.1. The standard InChI is InChI=1S/C28H34FN3O3/c1-5-26(33)32-15-14-31(17-20(32)3)18-25(22-7-6-19(2)24(29)16-22)35-23-10-8-21(9-11-23)27(34)30-28(4)12-13-28/h5-11,16,20,25H,1,12-15,17-18H2,2-4H3,(H,30,34)/t20-,25+/m1/s1. The second kappa shape index (κ2) is 10.2. The first kappa shape index (κ1) is 24.9. The number of amides is 2. The van der Waals surface area contributed by atoms with E-state index >= 15 is 0 Å². The molecule has 35 heavy (non-hydrogen) atoms. The van der Waals surface area contributed by atoms with Crippen molar-refractivity contribution in [2.45, 2.75) is 51.3 Å². The molecule has 2 atom stereocenters. The van der Waals surface area contributed by atoms with Gasteiger partial charge in [0.15, 0.2) is 0 Å². The van der Waals surface area contributed by atoms with Crippen LogP contribution in [0.15, 0.2) is 55.1 Å². The van der Waals surface area contributed by atoms with Gasteiger partial charge in [-0.3, -0.25) is 14.5 Å². The van der Waals surface area contributed by atoms with Gasteiger partial charge in [-0.2, -0.15) is 0 Å². The molecule has 0 aromatic heterocycles. The average Bonchev–Trinajstić information content (AvgIpc) is 3.56. The van der Waals surface area contributed by atoms with Crippen molar-refractivity contribution in [2.75, 3.05) is 26.2 Å². The molecule has 1 saturated carbocycles. The molecule has 2 aromatic rings. The van der Waals surface area contributed by atoms with Crippen LogP contribution in [-0.4, -0.2) is 59.4 Å². The summed E-state index contributed by atoms with van der Waals surface area (Å²) >= 11 is 0. The van der Waals surface area contributed by atoms with E-state index in [-0.39, 0.29) is 29.2 Å². The van der Waals surface area contributed by atoms with Crippen LogP contribution in [0, 0.1) is 12.7 Å². The van der Waals surface area contributed by atoms with Gasteiger partial charge in [-0.25, -0.2) is 4.39 Å². The first-order valence-corrected chi connectivity index (χ1v) is 12.2. The number of hydrogen-bond donors (Lipinski definition) is 1. The summed E-state index contributed by atoms with van der Waals surface area (Å²) in [5.41, 5.74) is 1.83. The molecule has 2 fully saturated rings. The maximum Gasteiger partial charge on any atom is 0.251 e. The zero-order valence-electron chi connectivity index (χ0n) is 20.7. The van der Waals surface area contributed by atoms with E-state index in [0.717, 1.165) is 18.4 Å². The largest absolute Gasteiger partial charge is 0.484 e. The molecule has 186 valence electrons. The predicted octanol–water partition coefficient (Wildman–Crippen LogP) is 4.26. The lowest BCUT2D eigenvalue weighted by atomic mass is 10.0. The number of benzene rings is 2. The van der Waals surface area contributed by atoms with Crippen molar-refractivity contribution < 1.29 is 18.7 Å². The van der Waals surface area contributed by atoms with Crippen LogP contribution >= 0.6 is 0 Å². The van der Waals surface area contributed by atoms with Gasteiger partial charge < -0.3 is 15.0 Å². The Balaban J connectivity index is 1.48. The Bertz CT molecular complexity index is 1100. The van der Waals surface area contributed by atoms with Crippen LogP contribution < -0.4 is 10.1 Å². The molecule has 0 bridgehead atoms. The zero-order valence-corrected chi connectivity index (χ0v) is 20.7. The van der Waals surface area contributed by atoms with Crippen LogP contribution in [0.1, 0.15) is 54.3 Å². The highest BCUT2D eigenvalue weighted by Crippen LogP contribution is 2.34. The summed E-state index contributed by atoms with van der Waals surface area (Å²) in [7, 11) is 0. The lowest BCUT2D eigenvalue weighted by molar-refractivity contribution is -0.130. The fraction of sp³-hybridized carbons (Fsp3) is 0.429. The SMILES string of the molecule is C=CC(=O)N1CCN(C[C@H](Oc2ccc(C(=O)NC3(C)CC3)cc2)c2ccc(C)c(F)c2)C[C@H]1C. The van der Waals surface area contributed by atoms with Crippen LogP contribution in [0.3, 0.4) is 0 Å². The number of aryl methyl sites for hydroxylation is 1. The van der Waals surface area contributed by atoms with Crippen molar-refractivity contribution >= 4 is 11.8 Å². The summed E-state index contributed by atoms with van der Waals surface area (Å²) in [4.78, 5) is 28.6. The van der Waals surface area contributed by atoms with Crippen molar-refractivity contribution in [2.24, 2.45) is 0 Å². The van der Waals surface area contributed by atoms with Gasteiger partial charge in [0, 0.05) is 43.3 Å². The Morgan fingerprint density at radius 1 is 1.23 bits per heavy atom. The molecule has 4 rings (SSSR count). The second-order valence-corrected chi connectivity index (χ2v) is 10.00. The quantitative estimate of drug-likeness (QED) is 0.575. The molecule has 0 radical (unpaired) electrons. The fourth-order valence-electron chi connectivity index (χ4n) is 4.41. The lowest BCUT2D eigenvalue weighted by Crippen LogP contribution is -2.54. The summed E-state index contributed by atoms with van der Waals surface area (Å²) < 4.78 is 20.8. The molecule has 2 aromatic carbocycles. The third-order valence-electron chi connectivity index (χ3n) is 6.97. The number of carbonyl (C=O) groups excluding carboxylic acids is 2. The zero-order chi connectivity index (χ0) is 25.2. The Morgan fingerprint density at radius 3 is 2.54 bits per heavy atom. The van der Waals surface area contributed by atoms with Gasteiger partial charge in [-0.15, -0.1) is 0 Å². The molecule has 1 aliphatic heterocycles. The normalized spacial score (nSPS) is 20.1. The van der Waals surface area contributed by atoms with E-state index in [1.54, 1.807) is 37.3 Å². The predicted molar refractivity (Wildman–Crippen MR) is 134 cm³/mol. The monoisotopic (exact) mass is 479 g/mol. The van der Waals surface area contributed by atoms with E-state index in [1.165, 1.54) is 12.1 Å². The van der Waals surface area contributed by atoms with Gasteiger partial charge in [-0.05, 0) is 81.1 Å². The number of halogens is 1. The molecule has 1 saturated heterocycles. The van der Waals surface area contributed by atoms with Crippen molar-refractivity contribution in [3.8, 4) is 5.75 Å². The van der Waals surface area contributed by atoms with E-state index < -0.39 is 6.10 Å². The smallest absolute Gasteiger partial charge is 0.251 e. The fourth-order valence-corrected chi connectivity index (χ4v) is 4.41. The number of rotatable bonds is 8. The first-order chi connectivity index (χ1) is 16.7. The van der Waals surface area contributed by atoms with E-state index in [0.29, 0.717) is 43.1 Å². The van der Waals surface area contributed by atoms with Crippen LogP contribution in [0.4, 0.5) is 4.39 Å². The van der Waals surface area contributed by atoms with E-state index in [2.05, 4.69) is 16.8 Å². The minimum Gasteiger partial charge on any atom is -0.484 e. The first-order valence-electron chi connectivity index (χ1n) is 12.2. The molecule has 0 unspecified atom stereocenters. The Labute approximate surface area is 206 Å². The van der Waals surface area contributed by atoms with Crippen molar-refractivity contribution in [1.29, 1.82) is 0 Å². The van der Waals surface area contributed by atoms with Gasteiger partial charge in [0.2, 0.25) is 5.91 Å². The van der Waals surface area contributed by atoms with Gasteiger partial charge in [0.25, 0.3) is 5.91 Å². The minimum absolute atomic E-state index is 0.0378. The van der Waals surface area contributed by atoms with Crippen LogP contribution in [0.2, 0.25) is 0 Å². The van der Waals surface area contributed by atoms with Gasteiger partial charge in [-0.1, -0.05) is 18.7 Å². The van der Waals surface area contributed by atoms with E-state index in [4.69, 9.17) is 4.74 Å². The maximum absolute atomic E-state index is 14.4. The number of piperazine rings is 1. The highest BCUT2D eigenvalue weighted by Gasteiger charge is 2.38. The number of nitrogens with one attached hydrogen (secondary N) is 1. The molecule has 2 amide bonds. The Kier molecular flexibility index (Phi) is 7.26. The molecule has 1 heterocycles. The Hall–Kier alpha value is -3.19.